The first kappa shape index (κ1) is 11.4. The predicted octanol–water partition coefficient (Wildman–Crippen LogP) is 2.66. The molecule has 0 unspecified atom stereocenters. The summed E-state index contributed by atoms with van der Waals surface area (Å²) in [4.78, 5) is 8.77. The Hall–Kier alpha value is -2.67. The van der Waals surface area contributed by atoms with E-state index in [1.54, 1.807) is 12.4 Å². The molecule has 0 saturated carbocycles. The van der Waals surface area contributed by atoms with Crippen LogP contribution < -0.4 is 0 Å². The number of rotatable bonds is 2. The maximum Gasteiger partial charge on any atom is 0.160 e. The van der Waals surface area contributed by atoms with E-state index in [0.717, 1.165) is 22.3 Å². The number of imidazole rings is 1. The number of aromatic nitrogens is 3. The Bertz CT molecular complexity index is 780. The predicted molar refractivity (Wildman–Crippen MR) is 72.5 cm³/mol. The SMILES string of the molecule is Cc1cnc2c(c1)ncn2Cc1cccc(C#N)c1. The van der Waals surface area contributed by atoms with Crippen LogP contribution in [0, 0.1) is 18.3 Å². The van der Waals surface area contributed by atoms with Crippen LogP contribution in [0.15, 0.2) is 42.9 Å². The summed E-state index contributed by atoms with van der Waals surface area (Å²) in [5, 5.41) is 8.91. The monoisotopic (exact) mass is 248 g/mol. The summed E-state index contributed by atoms with van der Waals surface area (Å²) < 4.78 is 1.99. The minimum absolute atomic E-state index is 0.669. The van der Waals surface area contributed by atoms with Crippen molar-refractivity contribution in [3.05, 3.63) is 59.5 Å². The molecule has 0 saturated heterocycles. The lowest BCUT2D eigenvalue weighted by Crippen LogP contribution is -1.99. The van der Waals surface area contributed by atoms with Crippen molar-refractivity contribution in [1.29, 1.82) is 5.26 Å². The van der Waals surface area contributed by atoms with Gasteiger partial charge in [-0.1, -0.05) is 12.1 Å². The number of hydrogen-bond donors (Lipinski definition) is 0. The van der Waals surface area contributed by atoms with Gasteiger partial charge < -0.3 is 4.57 Å². The number of aryl methyl sites for hydroxylation is 1. The van der Waals surface area contributed by atoms with Gasteiger partial charge in [0.15, 0.2) is 5.65 Å². The highest BCUT2D eigenvalue weighted by Crippen LogP contribution is 2.14. The third-order valence-electron chi connectivity index (χ3n) is 3.00. The fourth-order valence-electron chi connectivity index (χ4n) is 2.10. The highest BCUT2D eigenvalue weighted by Gasteiger charge is 2.05. The van der Waals surface area contributed by atoms with E-state index >= 15 is 0 Å². The van der Waals surface area contributed by atoms with Crippen LogP contribution >= 0.6 is 0 Å². The number of pyridine rings is 1. The van der Waals surface area contributed by atoms with Gasteiger partial charge in [0.05, 0.1) is 24.5 Å². The molecule has 0 aliphatic rings. The molecule has 0 amide bonds. The molecule has 4 nitrogen and oxygen atoms in total. The number of nitrogens with zero attached hydrogens (tertiary/aromatic N) is 4. The molecule has 0 N–H and O–H groups in total. The molecular weight excluding hydrogens is 236 g/mol. The van der Waals surface area contributed by atoms with Crippen molar-refractivity contribution in [2.45, 2.75) is 13.5 Å². The Labute approximate surface area is 111 Å². The lowest BCUT2D eigenvalue weighted by molar-refractivity contribution is 0.814. The minimum Gasteiger partial charge on any atom is -0.311 e. The molecule has 0 radical (unpaired) electrons. The van der Waals surface area contributed by atoms with Crippen molar-refractivity contribution >= 4 is 11.2 Å². The third kappa shape index (κ3) is 2.18. The van der Waals surface area contributed by atoms with Gasteiger partial charge in [-0.2, -0.15) is 5.26 Å². The zero-order valence-corrected chi connectivity index (χ0v) is 10.5. The summed E-state index contributed by atoms with van der Waals surface area (Å²) in [5.74, 6) is 0. The fourth-order valence-corrected chi connectivity index (χ4v) is 2.10. The Kier molecular flexibility index (Phi) is 2.73. The number of hydrogen-bond acceptors (Lipinski definition) is 3. The summed E-state index contributed by atoms with van der Waals surface area (Å²) in [6.07, 6.45) is 3.63. The van der Waals surface area contributed by atoms with Crippen molar-refractivity contribution in [3.63, 3.8) is 0 Å². The molecule has 92 valence electrons. The summed E-state index contributed by atoms with van der Waals surface area (Å²) in [6, 6.07) is 11.8. The molecule has 2 aromatic heterocycles. The molecule has 3 rings (SSSR count). The van der Waals surface area contributed by atoms with Gasteiger partial charge in [0.25, 0.3) is 0 Å². The van der Waals surface area contributed by atoms with E-state index in [-0.39, 0.29) is 0 Å². The zero-order chi connectivity index (χ0) is 13.2. The van der Waals surface area contributed by atoms with E-state index in [1.165, 1.54) is 0 Å². The molecule has 19 heavy (non-hydrogen) atoms. The first-order valence-electron chi connectivity index (χ1n) is 6.03. The molecule has 0 aliphatic heterocycles. The molecule has 0 bridgehead atoms. The van der Waals surface area contributed by atoms with Crippen LogP contribution in [0.4, 0.5) is 0 Å². The van der Waals surface area contributed by atoms with E-state index in [9.17, 15) is 0 Å². The molecule has 0 aliphatic carbocycles. The van der Waals surface area contributed by atoms with Crippen molar-refractivity contribution in [2.24, 2.45) is 0 Å². The third-order valence-corrected chi connectivity index (χ3v) is 3.00. The minimum atomic E-state index is 0.669. The quantitative estimate of drug-likeness (QED) is 0.700. The first-order chi connectivity index (χ1) is 9.26. The van der Waals surface area contributed by atoms with Crippen LogP contribution in [0.3, 0.4) is 0 Å². The number of benzene rings is 1. The molecule has 0 fully saturated rings. The van der Waals surface area contributed by atoms with E-state index in [2.05, 4.69) is 16.0 Å². The summed E-state index contributed by atoms with van der Waals surface area (Å²) in [6.45, 7) is 2.67. The smallest absolute Gasteiger partial charge is 0.160 e. The zero-order valence-electron chi connectivity index (χ0n) is 10.5. The van der Waals surface area contributed by atoms with Crippen LogP contribution in [0.25, 0.3) is 11.2 Å². The molecule has 1 aromatic carbocycles. The van der Waals surface area contributed by atoms with Gasteiger partial charge in [-0.05, 0) is 36.2 Å². The van der Waals surface area contributed by atoms with Crippen molar-refractivity contribution in [2.75, 3.05) is 0 Å². The topological polar surface area (TPSA) is 54.5 Å². The number of fused-ring (bicyclic) bond motifs is 1. The second-order valence-corrected chi connectivity index (χ2v) is 4.54. The standard InChI is InChI=1S/C15H12N4/c1-11-5-14-15(17-8-11)19(10-18-14)9-13-4-2-3-12(6-13)7-16/h2-6,8,10H,9H2,1H3. The van der Waals surface area contributed by atoms with Gasteiger partial charge in [0.2, 0.25) is 0 Å². The van der Waals surface area contributed by atoms with Crippen molar-refractivity contribution in [3.8, 4) is 6.07 Å². The van der Waals surface area contributed by atoms with Crippen molar-refractivity contribution < 1.29 is 0 Å². The van der Waals surface area contributed by atoms with Crippen LogP contribution in [-0.4, -0.2) is 14.5 Å². The normalized spacial score (nSPS) is 10.5. The van der Waals surface area contributed by atoms with Gasteiger partial charge in [-0.25, -0.2) is 9.97 Å². The van der Waals surface area contributed by atoms with Crippen LogP contribution in [0.5, 0.6) is 0 Å². The van der Waals surface area contributed by atoms with Gasteiger partial charge in [0.1, 0.15) is 5.52 Å². The average Bonchev–Trinajstić information content (AvgIpc) is 2.81. The van der Waals surface area contributed by atoms with Crippen molar-refractivity contribution in [1.82, 2.24) is 14.5 Å². The van der Waals surface area contributed by atoms with E-state index < -0.39 is 0 Å². The Morgan fingerprint density at radius 2 is 2.16 bits per heavy atom. The highest BCUT2D eigenvalue weighted by atomic mass is 15.1. The maximum absolute atomic E-state index is 8.91. The molecule has 2 heterocycles. The molecule has 3 aromatic rings. The fraction of sp³-hybridized carbons (Fsp3) is 0.133. The largest absolute Gasteiger partial charge is 0.311 e. The van der Waals surface area contributed by atoms with Crippen LogP contribution in [0.2, 0.25) is 0 Å². The average molecular weight is 248 g/mol. The van der Waals surface area contributed by atoms with Crippen LogP contribution in [-0.2, 0) is 6.54 Å². The second-order valence-electron chi connectivity index (χ2n) is 4.54. The molecule has 0 spiro atoms. The lowest BCUT2D eigenvalue weighted by Gasteiger charge is -2.04. The maximum atomic E-state index is 8.91. The Balaban J connectivity index is 1.99. The van der Waals surface area contributed by atoms with Gasteiger partial charge in [0, 0.05) is 6.20 Å². The van der Waals surface area contributed by atoms with E-state index in [0.29, 0.717) is 12.1 Å². The van der Waals surface area contributed by atoms with Gasteiger partial charge in [-0.3, -0.25) is 0 Å². The molecular formula is C15H12N4. The van der Waals surface area contributed by atoms with Crippen LogP contribution in [0.1, 0.15) is 16.7 Å². The summed E-state index contributed by atoms with van der Waals surface area (Å²) >= 11 is 0. The summed E-state index contributed by atoms with van der Waals surface area (Å²) in [5.41, 5.74) is 4.61. The first-order valence-corrected chi connectivity index (χ1v) is 6.03. The van der Waals surface area contributed by atoms with Gasteiger partial charge in [-0.15, -0.1) is 0 Å². The molecule has 0 atom stereocenters. The van der Waals surface area contributed by atoms with E-state index in [1.807, 2.05) is 42.0 Å². The Morgan fingerprint density at radius 3 is 3.00 bits per heavy atom. The second kappa shape index (κ2) is 4.54. The van der Waals surface area contributed by atoms with E-state index in [4.69, 9.17) is 5.26 Å². The highest BCUT2D eigenvalue weighted by molar-refractivity contribution is 5.71. The lowest BCUT2D eigenvalue weighted by atomic mass is 10.1. The number of nitriles is 1. The molecule has 4 heteroatoms. The van der Waals surface area contributed by atoms with Gasteiger partial charge >= 0.3 is 0 Å². The summed E-state index contributed by atoms with van der Waals surface area (Å²) in [7, 11) is 0. The Morgan fingerprint density at radius 1 is 1.26 bits per heavy atom.